The highest BCUT2D eigenvalue weighted by Crippen LogP contribution is 2.26. The van der Waals surface area contributed by atoms with Gasteiger partial charge in [-0.1, -0.05) is 42.5 Å². The summed E-state index contributed by atoms with van der Waals surface area (Å²) in [4.78, 5) is 12.8. The number of ketones is 1. The molecule has 0 bridgehead atoms. The molecule has 0 saturated carbocycles. The first-order chi connectivity index (χ1) is 13.7. The van der Waals surface area contributed by atoms with Gasteiger partial charge < -0.3 is 14.2 Å². The normalized spacial score (nSPS) is 10.6. The van der Waals surface area contributed by atoms with Crippen LogP contribution < -0.4 is 14.2 Å². The summed E-state index contributed by atoms with van der Waals surface area (Å²) in [5.74, 6) is 1.77. The number of allylic oxidation sites excluding steroid dienone is 1. The Kier molecular flexibility index (Phi) is 6.47. The first-order valence-corrected chi connectivity index (χ1v) is 8.91. The van der Waals surface area contributed by atoms with Crippen LogP contribution in [0.4, 0.5) is 0 Å². The number of methoxy groups -OCH3 is 2. The van der Waals surface area contributed by atoms with Gasteiger partial charge in [0.25, 0.3) is 0 Å². The molecule has 0 fully saturated rings. The Balaban J connectivity index is 1.79. The van der Waals surface area contributed by atoms with E-state index in [0.29, 0.717) is 29.4 Å². The number of rotatable bonds is 8. The summed E-state index contributed by atoms with van der Waals surface area (Å²) >= 11 is 0. The predicted octanol–water partition coefficient (Wildman–Crippen LogP) is 5.18. The van der Waals surface area contributed by atoms with E-state index >= 15 is 0 Å². The highest BCUT2D eigenvalue weighted by Gasteiger charge is 2.10. The Labute approximate surface area is 165 Å². The molecule has 0 amide bonds. The minimum atomic E-state index is -0.145. The van der Waals surface area contributed by atoms with Gasteiger partial charge >= 0.3 is 0 Å². The van der Waals surface area contributed by atoms with Gasteiger partial charge in [-0.25, -0.2) is 0 Å². The SMILES string of the molecule is COc1ccc(OC)c(/C=C\C(=O)c2ccccc2OCc2ccccc2)c1. The maximum Gasteiger partial charge on any atom is 0.189 e. The van der Waals surface area contributed by atoms with Gasteiger partial charge in [0.1, 0.15) is 23.9 Å². The standard InChI is InChI=1S/C24H22O4/c1-26-20-13-15-23(27-2)19(16-20)12-14-22(25)21-10-6-7-11-24(21)28-17-18-8-4-3-5-9-18/h3-16H,17H2,1-2H3/b14-12-. The molecular formula is C24H22O4. The molecule has 0 heterocycles. The van der Waals surface area contributed by atoms with Crippen LogP contribution in [0.3, 0.4) is 0 Å². The smallest absolute Gasteiger partial charge is 0.189 e. The zero-order valence-electron chi connectivity index (χ0n) is 15.9. The molecule has 0 atom stereocenters. The van der Waals surface area contributed by atoms with Gasteiger partial charge in [-0.05, 0) is 48.0 Å². The van der Waals surface area contributed by atoms with E-state index in [4.69, 9.17) is 14.2 Å². The fourth-order valence-electron chi connectivity index (χ4n) is 2.76. The van der Waals surface area contributed by atoms with E-state index in [1.807, 2.05) is 54.6 Å². The fourth-order valence-corrected chi connectivity index (χ4v) is 2.76. The summed E-state index contributed by atoms with van der Waals surface area (Å²) < 4.78 is 16.5. The molecule has 3 rings (SSSR count). The van der Waals surface area contributed by atoms with Gasteiger partial charge in [0.05, 0.1) is 19.8 Å². The molecule has 0 N–H and O–H groups in total. The Morgan fingerprint density at radius 2 is 1.61 bits per heavy atom. The summed E-state index contributed by atoms with van der Waals surface area (Å²) in [5.41, 5.74) is 2.32. The monoisotopic (exact) mass is 374 g/mol. The first-order valence-electron chi connectivity index (χ1n) is 8.91. The van der Waals surface area contributed by atoms with E-state index in [1.54, 1.807) is 38.5 Å². The third kappa shape index (κ3) is 4.80. The second-order valence-electron chi connectivity index (χ2n) is 6.08. The molecule has 28 heavy (non-hydrogen) atoms. The van der Waals surface area contributed by atoms with E-state index in [2.05, 4.69) is 0 Å². The van der Waals surface area contributed by atoms with Gasteiger partial charge in [-0.2, -0.15) is 0 Å². The van der Waals surface area contributed by atoms with Gasteiger partial charge in [0.2, 0.25) is 0 Å². The van der Waals surface area contributed by atoms with Crippen molar-refractivity contribution in [3.63, 3.8) is 0 Å². The van der Waals surface area contributed by atoms with Crippen molar-refractivity contribution in [1.29, 1.82) is 0 Å². The lowest BCUT2D eigenvalue weighted by Crippen LogP contribution is -2.02. The van der Waals surface area contributed by atoms with Crippen LogP contribution >= 0.6 is 0 Å². The number of carbonyl (C=O) groups is 1. The molecule has 4 heteroatoms. The summed E-state index contributed by atoms with van der Waals surface area (Å²) in [6.45, 7) is 0.401. The predicted molar refractivity (Wildman–Crippen MR) is 110 cm³/mol. The molecular weight excluding hydrogens is 352 g/mol. The minimum Gasteiger partial charge on any atom is -0.497 e. The summed E-state index contributed by atoms with van der Waals surface area (Å²) in [5, 5.41) is 0. The Bertz CT molecular complexity index is 961. The van der Waals surface area contributed by atoms with Crippen LogP contribution in [0.25, 0.3) is 6.08 Å². The summed E-state index contributed by atoms with van der Waals surface area (Å²) in [6, 6.07) is 22.5. The van der Waals surface area contributed by atoms with Crippen molar-refractivity contribution in [2.75, 3.05) is 14.2 Å². The van der Waals surface area contributed by atoms with Crippen LogP contribution in [0, 0.1) is 0 Å². The molecule has 142 valence electrons. The Morgan fingerprint density at radius 3 is 2.36 bits per heavy atom. The van der Waals surface area contributed by atoms with Crippen molar-refractivity contribution in [2.45, 2.75) is 6.61 Å². The third-order valence-electron chi connectivity index (χ3n) is 4.24. The average Bonchev–Trinajstić information content (AvgIpc) is 2.76. The molecule has 0 spiro atoms. The molecule has 0 aliphatic heterocycles. The second-order valence-corrected chi connectivity index (χ2v) is 6.08. The number of ether oxygens (including phenoxy) is 3. The van der Waals surface area contributed by atoms with Gasteiger partial charge in [0.15, 0.2) is 5.78 Å². The molecule has 0 unspecified atom stereocenters. The molecule has 0 aromatic heterocycles. The lowest BCUT2D eigenvalue weighted by atomic mass is 10.1. The van der Waals surface area contributed by atoms with Crippen LogP contribution in [0.2, 0.25) is 0 Å². The van der Waals surface area contributed by atoms with E-state index in [9.17, 15) is 4.79 Å². The van der Waals surface area contributed by atoms with Crippen LogP contribution in [0.1, 0.15) is 21.5 Å². The van der Waals surface area contributed by atoms with Gasteiger partial charge in [-0.15, -0.1) is 0 Å². The van der Waals surface area contributed by atoms with Crippen molar-refractivity contribution in [1.82, 2.24) is 0 Å². The fraction of sp³-hybridized carbons (Fsp3) is 0.125. The van der Waals surface area contributed by atoms with Crippen LogP contribution in [-0.2, 0) is 6.61 Å². The summed E-state index contributed by atoms with van der Waals surface area (Å²) in [6.07, 6.45) is 3.24. The van der Waals surface area contributed by atoms with Crippen molar-refractivity contribution in [3.8, 4) is 17.2 Å². The number of hydrogen-bond acceptors (Lipinski definition) is 4. The lowest BCUT2D eigenvalue weighted by Gasteiger charge is -2.10. The number of carbonyl (C=O) groups excluding carboxylic acids is 1. The second kappa shape index (κ2) is 9.42. The molecule has 3 aromatic carbocycles. The summed E-state index contributed by atoms with van der Waals surface area (Å²) in [7, 11) is 3.19. The zero-order chi connectivity index (χ0) is 19.8. The Morgan fingerprint density at radius 1 is 0.857 bits per heavy atom. The first kappa shape index (κ1) is 19.2. The molecule has 3 aromatic rings. The molecule has 0 aliphatic carbocycles. The largest absolute Gasteiger partial charge is 0.497 e. The van der Waals surface area contributed by atoms with Gasteiger partial charge in [-0.3, -0.25) is 4.79 Å². The van der Waals surface area contributed by atoms with E-state index in [1.165, 1.54) is 6.08 Å². The maximum absolute atomic E-state index is 12.8. The number of hydrogen-bond donors (Lipinski definition) is 0. The van der Waals surface area contributed by atoms with Crippen molar-refractivity contribution in [3.05, 3.63) is 95.6 Å². The van der Waals surface area contributed by atoms with Crippen LogP contribution in [0.5, 0.6) is 17.2 Å². The average molecular weight is 374 g/mol. The van der Waals surface area contributed by atoms with Crippen LogP contribution in [0.15, 0.2) is 78.9 Å². The number of benzene rings is 3. The van der Waals surface area contributed by atoms with Crippen molar-refractivity contribution < 1.29 is 19.0 Å². The van der Waals surface area contributed by atoms with Crippen molar-refractivity contribution >= 4 is 11.9 Å². The lowest BCUT2D eigenvalue weighted by molar-refractivity contribution is 0.104. The molecule has 0 radical (unpaired) electrons. The molecule has 4 nitrogen and oxygen atoms in total. The molecule has 0 aliphatic rings. The minimum absolute atomic E-state index is 0.145. The van der Waals surface area contributed by atoms with Crippen LogP contribution in [-0.4, -0.2) is 20.0 Å². The molecule has 0 saturated heterocycles. The topological polar surface area (TPSA) is 44.8 Å². The number of para-hydroxylation sites is 1. The van der Waals surface area contributed by atoms with Gasteiger partial charge in [0, 0.05) is 5.56 Å². The quantitative estimate of drug-likeness (QED) is 0.403. The van der Waals surface area contributed by atoms with E-state index in [0.717, 1.165) is 11.1 Å². The highest BCUT2D eigenvalue weighted by atomic mass is 16.5. The maximum atomic E-state index is 12.8. The van der Waals surface area contributed by atoms with Crippen molar-refractivity contribution in [2.24, 2.45) is 0 Å². The van der Waals surface area contributed by atoms with E-state index in [-0.39, 0.29) is 5.78 Å². The third-order valence-corrected chi connectivity index (χ3v) is 4.24. The zero-order valence-corrected chi connectivity index (χ0v) is 15.9. The Hall–Kier alpha value is -3.53. The highest BCUT2D eigenvalue weighted by molar-refractivity contribution is 6.08. The van der Waals surface area contributed by atoms with E-state index < -0.39 is 0 Å².